The third-order valence-corrected chi connectivity index (χ3v) is 11.0. The Hall–Kier alpha value is -3.01. The summed E-state index contributed by atoms with van der Waals surface area (Å²) in [5.74, 6) is -2.80. The van der Waals surface area contributed by atoms with E-state index in [-0.39, 0.29) is 47.7 Å². The molecule has 1 aliphatic rings. The molecule has 2 aromatic heterocycles. The smallest absolute Gasteiger partial charge is 0.481 e. The predicted molar refractivity (Wildman–Crippen MR) is 183 cm³/mol. The highest BCUT2D eigenvalue weighted by atomic mass is 32.2. The van der Waals surface area contributed by atoms with Crippen LogP contribution in [0.15, 0.2) is 12.7 Å². The van der Waals surface area contributed by atoms with Crippen LogP contribution >= 0.6 is 35.2 Å². The zero-order valence-electron chi connectivity index (χ0n) is 28.6. The lowest BCUT2D eigenvalue weighted by Crippen LogP contribution is -2.46. The third-order valence-electron chi connectivity index (χ3n) is 7.06. The highest BCUT2D eigenvalue weighted by molar-refractivity contribution is 8.13. The summed E-state index contributed by atoms with van der Waals surface area (Å²) in [6.07, 6.45) is -7.78. The molecule has 3 rings (SSSR count). The summed E-state index contributed by atoms with van der Waals surface area (Å²) in [7, 11) is -16.4. The molecule has 2 amide bonds. The number of aromatic nitrogens is 4. The molecule has 27 nitrogen and oxygen atoms in total. The second kappa shape index (κ2) is 19.9. The first kappa shape index (κ1) is 48.1. The van der Waals surface area contributed by atoms with E-state index < -0.39 is 102 Å². The van der Waals surface area contributed by atoms with Crippen molar-refractivity contribution in [2.24, 2.45) is 5.41 Å². The van der Waals surface area contributed by atoms with Gasteiger partial charge in [-0.05, 0) is 0 Å². The highest BCUT2D eigenvalue weighted by Gasteiger charge is 2.50. The molecular weight excluding hydrogens is 831 g/mol. The van der Waals surface area contributed by atoms with Crippen molar-refractivity contribution in [3.05, 3.63) is 12.7 Å². The molecule has 0 saturated carbocycles. The lowest BCUT2D eigenvalue weighted by molar-refractivity contribution is -0.139. The Morgan fingerprint density at radius 1 is 1.05 bits per heavy atom. The number of hydrogen-bond donors (Lipinski definition) is 10. The van der Waals surface area contributed by atoms with Gasteiger partial charge in [0.1, 0.15) is 42.7 Å². The van der Waals surface area contributed by atoms with Crippen LogP contribution in [0.25, 0.3) is 11.2 Å². The monoisotopic (exact) mass is 871 g/mol. The molecular formula is C24H40N7O20P3S. The third kappa shape index (κ3) is 14.8. The molecule has 55 heavy (non-hydrogen) atoms. The summed E-state index contributed by atoms with van der Waals surface area (Å²) in [4.78, 5) is 97.0. The Bertz CT molecular complexity index is 1830. The van der Waals surface area contributed by atoms with Crippen molar-refractivity contribution in [2.45, 2.75) is 57.3 Å². The Labute approximate surface area is 314 Å². The van der Waals surface area contributed by atoms with Crippen LogP contribution in [0, 0.1) is 5.41 Å². The van der Waals surface area contributed by atoms with E-state index in [1.165, 1.54) is 13.8 Å². The lowest BCUT2D eigenvalue weighted by atomic mass is 9.87. The number of nitrogens with zero attached hydrogens (tertiary/aromatic N) is 4. The maximum atomic E-state index is 12.6. The summed E-state index contributed by atoms with van der Waals surface area (Å²) in [6.45, 7) is 0.132. The van der Waals surface area contributed by atoms with E-state index in [0.717, 1.165) is 29.0 Å². The van der Waals surface area contributed by atoms with E-state index in [1.54, 1.807) is 0 Å². The van der Waals surface area contributed by atoms with Crippen LogP contribution < -0.4 is 16.4 Å². The predicted octanol–water partition coefficient (Wildman–Crippen LogP) is -2.69. The van der Waals surface area contributed by atoms with Crippen LogP contribution in [0.5, 0.6) is 0 Å². The molecule has 3 heterocycles. The molecule has 312 valence electrons. The maximum Gasteiger partial charge on any atom is 0.481 e. The number of aliphatic hydroxyl groups is 2. The van der Waals surface area contributed by atoms with Gasteiger partial charge in [0.2, 0.25) is 11.8 Å². The molecule has 1 saturated heterocycles. The number of amides is 2. The fraction of sp³-hybridized carbons (Fsp3) is 0.625. The van der Waals surface area contributed by atoms with Gasteiger partial charge in [-0.1, -0.05) is 25.6 Å². The Morgan fingerprint density at radius 2 is 1.71 bits per heavy atom. The number of phosphoric ester groups is 3. The molecule has 0 radical (unpaired) electrons. The fourth-order valence-corrected chi connectivity index (χ4v) is 7.96. The van der Waals surface area contributed by atoms with E-state index in [4.69, 9.17) is 24.6 Å². The molecule has 7 atom stereocenters. The van der Waals surface area contributed by atoms with E-state index >= 15 is 0 Å². The summed E-state index contributed by atoms with van der Waals surface area (Å²) >= 11 is 0.718. The minimum Gasteiger partial charge on any atom is -0.481 e. The van der Waals surface area contributed by atoms with Gasteiger partial charge in [-0.3, -0.25) is 37.3 Å². The summed E-state index contributed by atoms with van der Waals surface area (Å²) in [5, 5.41) is 34.0. The molecule has 0 bridgehead atoms. The van der Waals surface area contributed by atoms with Crippen molar-refractivity contribution < 1.29 is 95.9 Å². The highest BCUT2D eigenvalue weighted by Crippen LogP contribution is 2.61. The summed E-state index contributed by atoms with van der Waals surface area (Å²) in [5.41, 5.74) is 4.19. The van der Waals surface area contributed by atoms with Crippen molar-refractivity contribution in [1.29, 1.82) is 0 Å². The zero-order chi connectivity index (χ0) is 40.6. The number of rotatable bonds is 21. The van der Waals surface area contributed by atoms with E-state index in [2.05, 4.69) is 34.4 Å². The number of fused-ring (bicyclic) bond motifs is 1. The quantitative estimate of drug-likeness (QED) is 0.0347. The fourth-order valence-electron chi connectivity index (χ4n) is 4.47. The molecule has 31 heteroatoms. The minimum absolute atomic E-state index is 0. The summed E-state index contributed by atoms with van der Waals surface area (Å²) in [6, 6.07) is 0. The number of carbonyl (C=O) groups excluding carboxylic acids is 3. The number of carboxylic acid groups (broad SMARTS) is 1. The first-order valence-corrected chi connectivity index (χ1v) is 20.7. The van der Waals surface area contributed by atoms with Crippen LogP contribution in [0.3, 0.4) is 0 Å². The number of anilines is 1. The van der Waals surface area contributed by atoms with Gasteiger partial charge in [0.15, 0.2) is 22.8 Å². The number of nitrogens with two attached hydrogens (primary N) is 1. The maximum absolute atomic E-state index is 12.6. The molecule has 1 fully saturated rings. The topological polar surface area (TPSA) is 432 Å². The zero-order valence-corrected chi connectivity index (χ0v) is 32.1. The second-order valence-corrected chi connectivity index (χ2v) is 17.2. The number of carbonyl (C=O) groups is 4. The van der Waals surface area contributed by atoms with Crippen LogP contribution in [0.2, 0.25) is 0 Å². The average Bonchev–Trinajstić information content (AvgIpc) is 3.60. The van der Waals surface area contributed by atoms with Crippen LogP contribution in [0.4, 0.5) is 5.82 Å². The number of ether oxygens (including phenoxy) is 1. The number of imidazole rings is 1. The van der Waals surface area contributed by atoms with Gasteiger partial charge < -0.3 is 61.5 Å². The minimum atomic E-state index is -5.59. The lowest BCUT2D eigenvalue weighted by Gasteiger charge is -2.30. The van der Waals surface area contributed by atoms with Crippen molar-refractivity contribution in [1.82, 2.24) is 30.2 Å². The van der Waals surface area contributed by atoms with Gasteiger partial charge in [0.05, 0.1) is 19.5 Å². The second-order valence-electron chi connectivity index (χ2n) is 11.9. The van der Waals surface area contributed by atoms with Gasteiger partial charge >= 0.3 is 29.4 Å². The number of carboxylic acids is 1. The standard InChI is InChI=1S/C24H38N7O19P3S.H2O/c1-24(2,19(37)22(38)27-4-3-13(32)26-5-6-54-15(35)7-14(33)34)9-47-53(44,45)50-52(42,43)46-8-12-18(49-51(39,40)41)17(36)23(48-12)31-11-30-16-20(25)28-10-29-21(16)31;/h10-12,17-19,23,36-37H,3-9H2,1-2H3,(H,26,32)(H,27,38)(H,33,34)(H,42,43)(H,44,45)(H2,25,28,29)(H2,39,40,41);1H2/t12-,17-,18-,19+,23-;/m1./s1. The Balaban J connectivity index is 0.0000105. The van der Waals surface area contributed by atoms with Crippen molar-refractivity contribution in [3.63, 3.8) is 0 Å². The summed E-state index contributed by atoms with van der Waals surface area (Å²) < 4.78 is 61.8. The van der Waals surface area contributed by atoms with Gasteiger partial charge in [0, 0.05) is 30.7 Å². The molecule has 2 unspecified atom stereocenters. The molecule has 1 aliphatic heterocycles. The van der Waals surface area contributed by atoms with E-state index in [1.807, 2.05) is 0 Å². The number of phosphoric acid groups is 3. The number of nitrogen functional groups attached to an aromatic ring is 1. The van der Waals surface area contributed by atoms with Gasteiger partial charge in [0.25, 0.3) is 0 Å². The first-order valence-electron chi connectivity index (χ1n) is 15.2. The molecule has 0 aliphatic carbocycles. The normalized spacial score (nSPS) is 21.5. The first-order chi connectivity index (χ1) is 24.9. The van der Waals surface area contributed by atoms with Crippen LogP contribution in [-0.4, -0.2) is 139 Å². The van der Waals surface area contributed by atoms with Gasteiger partial charge in [-0.15, -0.1) is 0 Å². The van der Waals surface area contributed by atoms with Gasteiger partial charge in [-0.2, -0.15) is 4.31 Å². The largest absolute Gasteiger partial charge is 0.481 e. The average molecular weight is 872 g/mol. The van der Waals surface area contributed by atoms with Gasteiger partial charge in [-0.25, -0.2) is 28.6 Å². The van der Waals surface area contributed by atoms with Crippen LogP contribution in [-0.2, 0) is 55.5 Å². The van der Waals surface area contributed by atoms with Crippen LogP contribution in [0.1, 0.15) is 32.9 Å². The Morgan fingerprint density at radius 3 is 2.35 bits per heavy atom. The number of nitrogens with one attached hydrogen (secondary N) is 2. The number of thioether (sulfide) groups is 1. The van der Waals surface area contributed by atoms with Crippen molar-refractivity contribution in [2.75, 3.05) is 37.8 Å². The Kier molecular flexibility index (Phi) is 17.4. The van der Waals surface area contributed by atoms with Crippen molar-refractivity contribution in [3.8, 4) is 0 Å². The number of aliphatic hydroxyl groups excluding tert-OH is 2. The molecule has 2 aromatic rings. The number of aliphatic carboxylic acids is 1. The number of hydrogen-bond acceptors (Lipinski definition) is 19. The molecule has 13 N–H and O–H groups in total. The molecule has 0 spiro atoms. The SMILES string of the molecule is CC(C)(COP(=O)(O)OP(=O)(O)OC[C@H]1O[C@@H](n2cnc3c(N)ncnc32)[C@H](O)[C@@H]1OP(=O)(O)O)[C@@H](O)C(=O)NCCC(=O)NCCSC(=O)CC(=O)O.O. The van der Waals surface area contributed by atoms with Crippen molar-refractivity contribution >= 4 is 75.1 Å². The molecule has 0 aromatic carbocycles. The van der Waals surface area contributed by atoms with E-state index in [9.17, 15) is 62.7 Å². The van der Waals surface area contributed by atoms with E-state index in [0.29, 0.717) is 0 Å².